The van der Waals surface area contributed by atoms with E-state index < -0.39 is 27.7 Å². The van der Waals surface area contributed by atoms with Crippen molar-refractivity contribution in [3.05, 3.63) is 24.3 Å². The molecule has 1 aliphatic heterocycles. The van der Waals surface area contributed by atoms with E-state index >= 15 is 0 Å². The third-order valence-electron chi connectivity index (χ3n) is 3.27. The SMILES string of the molecule is COc1cccc(NC(=O)CC(=O)NC2CCS(=O)(=O)C2)c1. The molecule has 1 unspecified atom stereocenters. The van der Waals surface area contributed by atoms with Gasteiger partial charge < -0.3 is 15.4 Å². The van der Waals surface area contributed by atoms with E-state index in [9.17, 15) is 18.0 Å². The molecule has 1 atom stereocenters. The summed E-state index contributed by atoms with van der Waals surface area (Å²) in [5.41, 5.74) is 0.528. The second kappa shape index (κ2) is 6.78. The minimum absolute atomic E-state index is 0.0593. The van der Waals surface area contributed by atoms with Crippen molar-refractivity contribution < 1.29 is 22.7 Å². The van der Waals surface area contributed by atoms with Crippen molar-refractivity contribution >= 4 is 27.3 Å². The second-order valence-electron chi connectivity index (χ2n) is 5.12. The standard InChI is InChI=1S/C14H18N2O5S/c1-21-12-4-2-3-10(7-12)15-13(17)8-14(18)16-11-5-6-22(19,20)9-11/h2-4,7,11H,5-6,8-9H2,1H3,(H,15,17)(H,16,18). The maximum absolute atomic E-state index is 11.8. The van der Waals surface area contributed by atoms with Gasteiger partial charge in [0.05, 0.1) is 18.6 Å². The number of ether oxygens (including phenoxy) is 1. The van der Waals surface area contributed by atoms with E-state index in [0.29, 0.717) is 17.9 Å². The molecule has 1 aromatic rings. The molecule has 1 aliphatic rings. The number of rotatable bonds is 5. The van der Waals surface area contributed by atoms with Gasteiger partial charge in [-0.15, -0.1) is 0 Å². The van der Waals surface area contributed by atoms with Gasteiger partial charge in [-0.3, -0.25) is 9.59 Å². The zero-order chi connectivity index (χ0) is 16.2. The number of carbonyl (C=O) groups excluding carboxylic acids is 2. The Bertz CT molecular complexity index is 672. The van der Waals surface area contributed by atoms with E-state index in [4.69, 9.17) is 4.74 Å². The van der Waals surface area contributed by atoms with Crippen molar-refractivity contribution in [1.29, 1.82) is 0 Å². The van der Waals surface area contributed by atoms with Gasteiger partial charge in [-0.1, -0.05) is 6.07 Å². The van der Waals surface area contributed by atoms with E-state index in [2.05, 4.69) is 10.6 Å². The number of carbonyl (C=O) groups is 2. The van der Waals surface area contributed by atoms with Gasteiger partial charge in [-0.2, -0.15) is 0 Å². The Morgan fingerprint density at radius 2 is 2.09 bits per heavy atom. The monoisotopic (exact) mass is 326 g/mol. The molecule has 0 radical (unpaired) electrons. The molecule has 120 valence electrons. The van der Waals surface area contributed by atoms with Gasteiger partial charge in [0.1, 0.15) is 12.2 Å². The summed E-state index contributed by atoms with van der Waals surface area (Å²) >= 11 is 0. The molecule has 22 heavy (non-hydrogen) atoms. The van der Waals surface area contributed by atoms with E-state index in [1.54, 1.807) is 24.3 Å². The molecule has 0 saturated carbocycles. The fourth-order valence-electron chi connectivity index (χ4n) is 2.24. The Morgan fingerprint density at radius 1 is 1.32 bits per heavy atom. The third kappa shape index (κ3) is 4.73. The van der Waals surface area contributed by atoms with Crippen molar-refractivity contribution in [2.45, 2.75) is 18.9 Å². The quantitative estimate of drug-likeness (QED) is 0.759. The predicted octanol–water partition coefficient (Wildman–Crippen LogP) is 0.327. The van der Waals surface area contributed by atoms with Crippen molar-refractivity contribution in [3.63, 3.8) is 0 Å². The predicted molar refractivity (Wildman–Crippen MR) is 81.4 cm³/mol. The van der Waals surface area contributed by atoms with Gasteiger partial charge in [-0.05, 0) is 18.6 Å². The molecule has 0 spiro atoms. The molecule has 2 rings (SSSR count). The summed E-state index contributed by atoms with van der Waals surface area (Å²) in [5, 5.41) is 5.16. The largest absolute Gasteiger partial charge is 0.497 e. The summed E-state index contributed by atoms with van der Waals surface area (Å²) in [6.07, 6.45) is 0.0410. The molecule has 0 aromatic heterocycles. The number of nitrogens with one attached hydrogen (secondary N) is 2. The normalized spacial score (nSPS) is 19.4. The van der Waals surface area contributed by atoms with E-state index in [0.717, 1.165) is 0 Å². The van der Waals surface area contributed by atoms with Crippen LogP contribution in [0.4, 0.5) is 5.69 Å². The van der Waals surface area contributed by atoms with Crippen LogP contribution >= 0.6 is 0 Å². The molecular weight excluding hydrogens is 308 g/mol. The third-order valence-corrected chi connectivity index (χ3v) is 5.04. The van der Waals surface area contributed by atoms with Crippen LogP contribution in [0.1, 0.15) is 12.8 Å². The van der Waals surface area contributed by atoms with Gasteiger partial charge >= 0.3 is 0 Å². The number of anilines is 1. The van der Waals surface area contributed by atoms with E-state index in [-0.39, 0.29) is 17.9 Å². The average molecular weight is 326 g/mol. The summed E-state index contributed by atoms with van der Waals surface area (Å²) in [6, 6.07) is 6.38. The average Bonchev–Trinajstić information content (AvgIpc) is 2.77. The molecule has 0 bridgehead atoms. The summed E-state index contributed by atoms with van der Waals surface area (Å²) in [7, 11) is -1.54. The van der Waals surface area contributed by atoms with Gasteiger partial charge in [-0.25, -0.2) is 8.42 Å². The number of amides is 2. The zero-order valence-electron chi connectivity index (χ0n) is 12.2. The lowest BCUT2D eigenvalue weighted by Crippen LogP contribution is -2.37. The molecule has 2 amide bonds. The van der Waals surface area contributed by atoms with Crippen LogP contribution in [0, 0.1) is 0 Å². The maximum Gasteiger partial charge on any atom is 0.233 e. The first-order valence-corrected chi connectivity index (χ1v) is 8.64. The highest BCUT2D eigenvalue weighted by Crippen LogP contribution is 2.17. The lowest BCUT2D eigenvalue weighted by atomic mass is 10.2. The number of hydrogen-bond acceptors (Lipinski definition) is 5. The molecule has 1 aromatic carbocycles. The molecule has 2 N–H and O–H groups in total. The van der Waals surface area contributed by atoms with Crippen LogP contribution in [0.5, 0.6) is 5.75 Å². The van der Waals surface area contributed by atoms with E-state index in [1.165, 1.54) is 7.11 Å². The number of benzene rings is 1. The Labute approximate surface area is 129 Å². The van der Waals surface area contributed by atoms with E-state index in [1.807, 2.05) is 0 Å². The fraction of sp³-hybridized carbons (Fsp3) is 0.429. The second-order valence-corrected chi connectivity index (χ2v) is 7.35. The molecule has 7 nitrogen and oxygen atoms in total. The minimum atomic E-state index is -3.05. The topological polar surface area (TPSA) is 102 Å². The van der Waals surface area contributed by atoms with Crippen molar-refractivity contribution in [3.8, 4) is 5.75 Å². The van der Waals surface area contributed by atoms with Crippen LogP contribution in [0.15, 0.2) is 24.3 Å². The Kier molecular flexibility index (Phi) is 5.02. The summed E-state index contributed by atoms with van der Waals surface area (Å²) in [4.78, 5) is 23.5. The zero-order valence-corrected chi connectivity index (χ0v) is 13.0. The van der Waals surface area contributed by atoms with Crippen LogP contribution in [0.25, 0.3) is 0 Å². The van der Waals surface area contributed by atoms with Crippen LogP contribution in [0.3, 0.4) is 0 Å². The first-order valence-electron chi connectivity index (χ1n) is 6.81. The highest BCUT2D eigenvalue weighted by molar-refractivity contribution is 7.91. The molecular formula is C14H18N2O5S. The Morgan fingerprint density at radius 3 is 2.73 bits per heavy atom. The van der Waals surface area contributed by atoms with Gasteiger partial charge in [0, 0.05) is 17.8 Å². The number of hydrogen-bond donors (Lipinski definition) is 2. The van der Waals surface area contributed by atoms with Crippen LogP contribution in [-0.2, 0) is 19.4 Å². The maximum atomic E-state index is 11.8. The van der Waals surface area contributed by atoms with Crippen LogP contribution in [0.2, 0.25) is 0 Å². The van der Waals surface area contributed by atoms with Crippen LogP contribution < -0.4 is 15.4 Å². The van der Waals surface area contributed by atoms with Crippen molar-refractivity contribution in [2.75, 3.05) is 23.9 Å². The number of methoxy groups -OCH3 is 1. The fourth-order valence-corrected chi connectivity index (χ4v) is 3.91. The van der Waals surface area contributed by atoms with Gasteiger partial charge in [0.15, 0.2) is 9.84 Å². The summed E-state index contributed by atoms with van der Waals surface area (Å²) in [6.45, 7) is 0. The molecule has 0 aliphatic carbocycles. The first kappa shape index (κ1) is 16.3. The lowest BCUT2D eigenvalue weighted by Gasteiger charge is -2.11. The Hall–Kier alpha value is -2.09. The molecule has 8 heteroatoms. The minimum Gasteiger partial charge on any atom is -0.497 e. The smallest absolute Gasteiger partial charge is 0.233 e. The van der Waals surface area contributed by atoms with Gasteiger partial charge in [0.2, 0.25) is 11.8 Å². The van der Waals surface area contributed by atoms with Gasteiger partial charge in [0.25, 0.3) is 0 Å². The molecule has 1 heterocycles. The lowest BCUT2D eigenvalue weighted by molar-refractivity contribution is -0.127. The highest BCUT2D eigenvalue weighted by Gasteiger charge is 2.29. The summed E-state index contributed by atoms with van der Waals surface area (Å²) in [5.74, 6) is -0.336. The number of sulfone groups is 1. The first-order chi connectivity index (χ1) is 10.4. The molecule has 1 saturated heterocycles. The van der Waals surface area contributed by atoms with Crippen molar-refractivity contribution in [1.82, 2.24) is 5.32 Å². The van der Waals surface area contributed by atoms with Crippen molar-refractivity contribution in [2.24, 2.45) is 0 Å². The molecule has 1 fully saturated rings. The summed E-state index contributed by atoms with van der Waals surface area (Å²) < 4.78 is 27.6. The highest BCUT2D eigenvalue weighted by atomic mass is 32.2. The Balaban J connectivity index is 1.82. The van der Waals surface area contributed by atoms with Crippen LogP contribution in [-0.4, -0.2) is 44.9 Å².